The first-order chi connectivity index (χ1) is 10.2. The van der Waals surface area contributed by atoms with Crippen molar-refractivity contribution in [1.82, 2.24) is 0 Å². The van der Waals surface area contributed by atoms with Crippen LogP contribution in [0.2, 0.25) is 0 Å². The molecular weight excluding hydrogens is 262 g/mol. The number of amides is 1. The summed E-state index contributed by atoms with van der Waals surface area (Å²) in [5, 5.41) is 14.9. The van der Waals surface area contributed by atoms with Gasteiger partial charge in [-0.25, -0.2) is 0 Å². The average molecular weight is 279 g/mol. The second-order valence-electron chi connectivity index (χ2n) is 4.75. The predicted octanol–water partition coefficient (Wildman–Crippen LogP) is 3.31. The molecule has 0 aliphatic carbocycles. The molecule has 1 amide bonds. The fraction of sp³-hybridized carbons (Fsp3) is 0.176. The van der Waals surface area contributed by atoms with Crippen molar-refractivity contribution in [3.05, 3.63) is 59.7 Å². The van der Waals surface area contributed by atoms with Crippen molar-refractivity contribution in [2.75, 3.05) is 17.2 Å². The van der Waals surface area contributed by atoms with Gasteiger partial charge in [-0.3, -0.25) is 4.79 Å². The summed E-state index contributed by atoms with van der Waals surface area (Å²) >= 11 is 0. The number of benzene rings is 2. The van der Waals surface area contributed by atoms with Crippen LogP contribution in [0.3, 0.4) is 0 Å². The van der Waals surface area contributed by atoms with Crippen LogP contribution in [0.4, 0.5) is 11.4 Å². The van der Waals surface area contributed by atoms with E-state index in [1.165, 1.54) is 0 Å². The second-order valence-corrected chi connectivity index (χ2v) is 4.75. The fourth-order valence-corrected chi connectivity index (χ4v) is 1.99. The number of anilines is 2. The highest BCUT2D eigenvalue weighted by Crippen LogP contribution is 2.13. The summed E-state index contributed by atoms with van der Waals surface area (Å²) in [4.78, 5) is 11.9. The van der Waals surface area contributed by atoms with Crippen LogP contribution in [-0.4, -0.2) is 12.5 Å². The molecule has 0 atom stereocenters. The lowest BCUT2D eigenvalue weighted by Gasteiger charge is -2.09. The normalized spacial score (nSPS) is 9.71. The van der Waals surface area contributed by atoms with E-state index in [4.69, 9.17) is 5.26 Å². The Morgan fingerprint density at radius 3 is 2.76 bits per heavy atom. The third-order valence-corrected chi connectivity index (χ3v) is 3.02. The molecule has 4 heteroatoms. The molecule has 4 nitrogen and oxygen atoms in total. The minimum Gasteiger partial charge on any atom is -0.383 e. The van der Waals surface area contributed by atoms with Crippen molar-refractivity contribution < 1.29 is 4.79 Å². The summed E-state index contributed by atoms with van der Waals surface area (Å²) in [7, 11) is 0. The van der Waals surface area contributed by atoms with Crippen LogP contribution in [0.5, 0.6) is 0 Å². The first kappa shape index (κ1) is 14.6. The van der Waals surface area contributed by atoms with Gasteiger partial charge in [-0.05, 0) is 36.8 Å². The van der Waals surface area contributed by atoms with Crippen LogP contribution in [-0.2, 0) is 4.79 Å². The summed E-state index contributed by atoms with van der Waals surface area (Å²) in [6.45, 7) is 2.46. The summed E-state index contributed by atoms with van der Waals surface area (Å²) in [6.07, 6.45) is 0.341. The van der Waals surface area contributed by atoms with E-state index in [1.807, 2.05) is 49.4 Å². The van der Waals surface area contributed by atoms with E-state index in [2.05, 4.69) is 16.7 Å². The highest BCUT2D eigenvalue weighted by atomic mass is 16.1. The van der Waals surface area contributed by atoms with E-state index < -0.39 is 0 Å². The number of hydrogen-bond acceptors (Lipinski definition) is 3. The van der Waals surface area contributed by atoms with Gasteiger partial charge in [-0.2, -0.15) is 5.26 Å². The van der Waals surface area contributed by atoms with E-state index in [0.717, 1.165) is 16.9 Å². The van der Waals surface area contributed by atoms with Gasteiger partial charge in [0.25, 0.3) is 0 Å². The van der Waals surface area contributed by atoms with Gasteiger partial charge in [0.15, 0.2) is 0 Å². The molecule has 2 aromatic carbocycles. The standard InChI is InChI=1S/C17H17N3O/c1-13-5-4-7-15(11-13)20-17(21)9-10-19-16-8-3-2-6-14(16)12-18/h2-8,11,19H,9-10H2,1H3,(H,20,21). The Morgan fingerprint density at radius 1 is 1.19 bits per heavy atom. The maximum Gasteiger partial charge on any atom is 0.226 e. The topological polar surface area (TPSA) is 64.9 Å². The molecule has 0 saturated carbocycles. The van der Waals surface area contributed by atoms with Gasteiger partial charge in [0.2, 0.25) is 5.91 Å². The van der Waals surface area contributed by atoms with E-state index in [-0.39, 0.29) is 5.91 Å². The number of carbonyl (C=O) groups is 1. The lowest BCUT2D eigenvalue weighted by atomic mass is 10.2. The Hall–Kier alpha value is -2.80. The summed E-state index contributed by atoms with van der Waals surface area (Å²) in [6, 6.07) is 17.0. The predicted molar refractivity (Wildman–Crippen MR) is 84.1 cm³/mol. The third-order valence-electron chi connectivity index (χ3n) is 3.02. The molecule has 106 valence electrons. The number of hydrogen-bond donors (Lipinski definition) is 2. The van der Waals surface area contributed by atoms with Crippen LogP contribution in [0.15, 0.2) is 48.5 Å². The minimum atomic E-state index is -0.0532. The van der Waals surface area contributed by atoms with Crippen molar-refractivity contribution >= 4 is 17.3 Å². The van der Waals surface area contributed by atoms with Crippen molar-refractivity contribution in [2.24, 2.45) is 0 Å². The van der Waals surface area contributed by atoms with Gasteiger partial charge < -0.3 is 10.6 Å². The number of aryl methyl sites for hydroxylation is 1. The number of carbonyl (C=O) groups excluding carboxylic acids is 1. The maximum absolute atomic E-state index is 11.9. The van der Waals surface area contributed by atoms with Gasteiger partial charge in [-0.1, -0.05) is 24.3 Å². The van der Waals surface area contributed by atoms with E-state index in [1.54, 1.807) is 6.07 Å². The number of nitriles is 1. The Bertz CT molecular complexity index is 674. The zero-order valence-corrected chi connectivity index (χ0v) is 11.9. The molecular formula is C17H17N3O. The molecule has 0 fully saturated rings. The molecule has 0 unspecified atom stereocenters. The number of para-hydroxylation sites is 1. The minimum absolute atomic E-state index is 0.0532. The molecule has 0 aliphatic heterocycles. The van der Waals surface area contributed by atoms with E-state index >= 15 is 0 Å². The van der Waals surface area contributed by atoms with Crippen LogP contribution in [0, 0.1) is 18.3 Å². The summed E-state index contributed by atoms with van der Waals surface area (Å²) < 4.78 is 0. The summed E-state index contributed by atoms with van der Waals surface area (Å²) in [5.41, 5.74) is 3.24. The fourth-order valence-electron chi connectivity index (χ4n) is 1.99. The SMILES string of the molecule is Cc1cccc(NC(=O)CCNc2ccccc2C#N)c1. The average Bonchev–Trinajstić information content (AvgIpc) is 2.47. The monoisotopic (exact) mass is 279 g/mol. The van der Waals surface area contributed by atoms with E-state index in [9.17, 15) is 4.79 Å². The molecule has 2 rings (SSSR count). The molecule has 0 spiro atoms. The van der Waals surface area contributed by atoms with Gasteiger partial charge >= 0.3 is 0 Å². The Balaban J connectivity index is 1.83. The van der Waals surface area contributed by atoms with Gasteiger partial charge in [-0.15, -0.1) is 0 Å². The first-order valence-electron chi connectivity index (χ1n) is 6.78. The van der Waals surface area contributed by atoms with Crippen molar-refractivity contribution in [3.63, 3.8) is 0 Å². The molecule has 0 aromatic heterocycles. The van der Waals surface area contributed by atoms with Gasteiger partial charge in [0, 0.05) is 18.7 Å². The lowest BCUT2D eigenvalue weighted by Crippen LogP contribution is -2.16. The van der Waals surface area contributed by atoms with Crippen LogP contribution in [0.25, 0.3) is 0 Å². The smallest absolute Gasteiger partial charge is 0.226 e. The van der Waals surface area contributed by atoms with Crippen LogP contribution in [0.1, 0.15) is 17.5 Å². The Kier molecular flexibility index (Phi) is 4.94. The number of rotatable bonds is 5. The van der Waals surface area contributed by atoms with Crippen molar-refractivity contribution in [2.45, 2.75) is 13.3 Å². The maximum atomic E-state index is 11.9. The van der Waals surface area contributed by atoms with E-state index in [0.29, 0.717) is 18.5 Å². The van der Waals surface area contributed by atoms with Crippen molar-refractivity contribution in [1.29, 1.82) is 5.26 Å². The molecule has 0 heterocycles. The molecule has 21 heavy (non-hydrogen) atoms. The molecule has 2 aromatic rings. The van der Waals surface area contributed by atoms with Gasteiger partial charge in [0.05, 0.1) is 11.3 Å². The van der Waals surface area contributed by atoms with Crippen molar-refractivity contribution in [3.8, 4) is 6.07 Å². The zero-order valence-electron chi connectivity index (χ0n) is 11.9. The quantitative estimate of drug-likeness (QED) is 0.882. The molecule has 0 aliphatic rings. The largest absolute Gasteiger partial charge is 0.383 e. The number of nitrogens with zero attached hydrogens (tertiary/aromatic N) is 1. The second kappa shape index (κ2) is 7.11. The highest BCUT2D eigenvalue weighted by molar-refractivity contribution is 5.91. The van der Waals surface area contributed by atoms with Crippen LogP contribution < -0.4 is 10.6 Å². The molecule has 0 radical (unpaired) electrons. The molecule has 2 N–H and O–H groups in total. The first-order valence-corrected chi connectivity index (χ1v) is 6.78. The van der Waals surface area contributed by atoms with Crippen LogP contribution >= 0.6 is 0 Å². The molecule has 0 bridgehead atoms. The number of nitrogens with one attached hydrogen (secondary N) is 2. The summed E-state index contributed by atoms with van der Waals surface area (Å²) in [5.74, 6) is -0.0532. The zero-order chi connectivity index (χ0) is 15.1. The lowest BCUT2D eigenvalue weighted by molar-refractivity contribution is -0.115. The highest BCUT2D eigenvalue weighted by Gasteiger charge is 2.04. The molecule has 0 saturated heterocycles. The Labute approximate surface area is 124 Å². The Morgan fingerprint density at radius 2 is 2.00 bits per heavy atom. The van der Waals surface area contributed by atoms with Gasteiger partial charge in [0.1, 0.15) is 6.07 Å². The third kappa shape index (κ3) is 4.36.